The molecule has 0 fully saturated rings. The number of H-pyrrole nitrogens is 1. The van der Waals surface area contributed by atoms with Gasteiger partial charge in [0.05, 0.1) is 6.61 Å². The SMILES string of the molecule is CCOC(=O)c1[nH]nnc1Oc1ccc(C#C[Si](C)(C)C)cc1. The molecule has 1 heterocycles. The van der Waals surface area contributed by atoms with Crippen LogP contribution in [0.15, 0.2) is 24.3 Å². The third kappa shape index (κ3) is 4.97. The number of ether oxygens (including phenoxy) is 2. The van der Waals surface area contributed by atoms with Crippen molar-refractivity contribution < 1.29 is 14.3 Å². The van der Waals surface area contributed by atoms with Crippen LogP contribution in [0.2, 0.25) is 19.6 Å². The number of aromatic amines is 1. The Bertz CT molecular complexity index is 736. The third-order valence-electron chi connectivity index (χ3n) is 2.65. The summed E-state index contributed by atoms with van der Waals surface area (Å²) in [4.78, 5) is 11.7. The summed E-state index contributed by atoms with van der Waals surface area (Å²) in [6.45, 7) is 8.57. The van der Waals surface area contributed by atoms with Gasteiger partial charge in [0.25, 0.3) is 5.88 Å². The van der Waals surface area contributed by atoms with E-state index in [4.69, 9.17) is 9.47 Å². The minimum Gasteiger partial charge on any atom is -0.461 e. The van der Waals surface area contributed by atoms with E-state index in [2.05, 4.69) is 46.5 Å². The Hall–Kier alpha value is -2.59. The number of benzene rings is 1. The highest BCUT2D eigenvalue weighted by atomic mass is 28.3. The Morgan fingerprint density at radius 1 is 1.26 bits per heavy atom. The van der Waals surface area contributed by atoms with E-state index in [0.717, 1.165) is 5.56 Å². The molecule has 2 aromatic rings. The van der Waals surface area contributed by atoms with E-state index in [0.29, 0.717) is 5.75 Å². The van der Waals surface area contributed by atoms with Crippen LogP contribution < -0.4 is 4.74 Å². The lowest BCUT2D eigenvalue weighted by Gasteiger charge is -2.05. The molecule has 7 heteroatoms. The maximum atomic E-state index is 11.7. The van der Waals surface area contributed by atoms with Crippen LogP contribution in [-0.2, 0) is 4.74 Å². The Balaban J connectivity index is 2.11. The van der Waals surface area contributed by atoms with Crippen LogP contribution >= 0.6 is 0 Å². The number of rotatable bonds is 4. The highest BCUT2D eigenvalue weighted by molar-refractivity contribution is 6.83. The lowest BCUT2D eigenvalue weighted by atomic mass is 10.2. The van der Waals surface area contributed by atoms with Crippen molar-refractivity contribution in [1.82, 2.24) is 15.4 Å². The molecule has 0 atom stereocenters. The maximum absolute atomic E-state index is 11.7. The van der Waals surface area contributed by atoms with Gasteiger partial charge >= 0.3 is 5.97 Å². The van der Waals surface area contributed by atoms with Gasteiger partial charge in [0.1, 0.15) is 13.8 Å². The van der Waals surface area contributed by atoms with Crippen molar-refractivity contribution in [3.8, 4) is 23.1 Å². The van der Waals surface area contributed by atoms with E-state index < -0.39 is 14.0 Å². The number of nitrogens with one attached hydrogen (secondary N) is 1. The number of carbonyl (C=O) groups excluding carboxylic acids is 1. The first-order valence-corrected chi connectivity index (χ1v) is 10.8. The van der Waals surface area contributed by atoms with Gasteiger partial charge in [-0.1, -0.05) is 35.9 Å². The van der Waals surface area contributed by atoms with Crippen LogP contribution in [0.4, 0.5) is 0 Å². The first-order chi connectivity index (χ1) is 10.9. The minimum atomic E-state index is -1.40. The summed E-state index contributed by atoms with van der Waals surface area (Å²) >= 11 is 0. The average molecular weight is 329 g/mol. The van der Waals surface area contributed by atoms with Gasteiger partial charge in [-0.15, -0.1) is 5.54 Å². The lowest BCUT2D eigenvalue weighted by molar-refractivity contribution is 0.0516. The molecule has 1 aromatic carbocycles. The van der Waals surface area contributed by atoms with Crippen molar-refractivity contribution in [3.05, 3.63) is 35.5 Å². The van der Waals surface area contributed by atoms with Crippen LogP contribution in [0.3, 0.4) is 0 Å². The van der Waals surface area contributed by atoms with E-state index in [1.54, 1.807) is 19.1 Å². The molecular weight excluding hydrogens is 310 g/mol. The van der Waals surface area contributed by atoms with E-state index >= 15 is 0 Å². The van der Waals surface area contributed by atoms with Crippen molar-refractivity contribution in [2.75, 3.05) is 6.61 Å². The van der Waals surface area contributed by atoms with Crippen LogP contribution in [0.1, 0.15) is 23.0 Å². The van der Waals surface area contributed by atoms with Gasteiger partial charge < -0.3 is 9.47 Å². The molecule has 0 radical (unpaired) electrons. The maximum Gasteiger partial charge on any atom is 0.362 e. The fraction of sp³-hybridized carbons (Fsp3) is 0.312. The summed E-state index contributed by atoms with van der Waals surface area (Å²) in [5, 5.41) is 9.81. The predicted octanol–water partition coefficient (Wildman–Crippen LogP) is 3.00. The van der Waals surface area contributed by atoms with Gasteiger partial charge in [-0.3, -0.25) is 0 Å². The summed E-state index contributed by atoms with van der Waals surface area (Å²) in [5.74, 6) is 3.25. The van der Waals surface area contributed by atoms with Crippen molar-refractivity contribution in [1.29, 1.82) is 0 Å². The third-order valence-corrected chi connectivity index (χ3v) is 3.52. The van der Waals surface area contributed by atoms with Crippen molar-refractivity contribution in [2.45, 2.75) is 26.6 Å². The average Bonchev–Trinajstić information content (AvgIpc) is 2.94. The molecule has 1 aromatic heterocycles. The van der Waals surface area contributed by atoms with Crippen LogP contribution in [0.25, 0.3) is 0 Å². The fourth-order valence-corrected chi connectivity index (χ4v) is 2.12. The summed E-state index contributed by atoms with van der Waals surface area (Å²) in [6.07, 6.45) is 0. The van der Waals surface area contributed by atoms with Crippen LogP contribution in [-0.4, -0.2) is 36.1 Å². The van der Waals surface area contributed by atoms with Gasteiger partial charge in [-0.25, -0.2) is 9.89 Å². The van der Waals surface area contributed by atoms with Crippen LogP contribution in [0, 0.1) is 11.5 Å². The largest absolute Gasteiger partial charge is 0.461 e. The zero-order valence-corrected chi connectivity index (χ0v) is 14.6. The molecule has 23 heavy (non-hydrogen) atoms. The van der Waals surface area contributed by atoms with Crippen molar-refractivity contribution in [2.24, 2.45) is 0 Å². The molecule has 0 bridgehead atoms. The standard InChI is InChI=1S/C16H19N3O3Si/c1-5-21-16(20)14-15(18-19-17-14)22-13-8-6-12(7-9-13)10-11-23(2,3)4/h6-9H,5H2,1-4H3,(H,17,18,19). The molecule has 0 saturated carbocycles. The van der Waals surface area contributed by atoms with E-state index in [1.165, 1.54) is 0 Å². The first-order valence-electron chi connectivity index (χ1n) is 7.28. The Morgan fingerprint density at radius 2 is 1.96 bits per heavy atom. The van der Waals surface area contributed by atoms with E-state index in [-0.39, 0.29) is 18.2 Å². The second-order valence-electron chi connectivity index (χ2n) is 5.84. The minimum absolute atomic E-state index is 0.0874. The molecule has 120 valence electrons. The van der Waals surface area contributed by atoms with Gasteiger partial charge in [-0.2, -0.15) is 0 Å². The quantitative estimate of drug-likeness (QED) is 0.530. The Labute approximate surface area is 136 Å². The monoisotopic (exact) mass is 329 g/mol. The molecule has 0 unspecified atom stereocenters. The summed E-state index contributed by atoms with van der Waals surface area (Å²) in [6, 6.07) is 7.29. The number of aromatic nitrogens is 3. The number of esters is 1. The number of nitrogens with zero attached hydrogens (tertiary/aromatic N) is 2. The molecule has 0 aliphatic heterocycles. The molecule has 0 amide bonds. The fourth-order valence-electron chi connectivity index (χ4n) is 1.60. The second-order valence-corrected chi connectivity index (χ2v) is 10.6. The van der Waals surface area contributed by atoms with Crippen LogP contribution in [0.5, 0.6) is 11.6 Å². The summed E-state index contributed by atoms with van der Waals surface area (Å²) in [7, 11) is -1.40. The summed E-state index contributed by atoms with van der Waals surface area (Å²) < 4.78 is 10.5. The first kappa shape index (κ1) is 16.8. The second kappa shape index (κ2) is 7.11. The molecular formula is C16H19N3O3Si. The molecule has 1 N–H and O–H groups in total. The molecule has 0 spiro atoms. The van der Waals surface area contributed by atoms with E-state index in [9.17, 15) is 4.79 Å². The zero-order chi connectivity index (χ0) is 16.9. The number of carbonyl (C=O) groups is 1. The van der Waals surface area contributed by atoms with Crippen molar-refractivity contribution in [3.63, 3.8) is 0 Å². The van der Waals surface area contributed by atoms with Gasteiger partial charge in [-0.05, 0) is 31.2 Å². The lowest BCUT2D eigenvalue weighted by Crippen LogP contribution is -2.16. The number of hydrogen-bond acceptors (Lipinski definition) is 5. The van der Waals surface area contributed by atoms with Gasteiger partial charge in [0, 0.05) is 5.56 Å². The predicted molar refractivity (Wildman–Crippen MR) is 89.1 cm³/mol. The highest BCUT2D eigenvalue weighted by Gasteiger charge is 2.18. The molecule has 0 aliphatic carbocycles. The molecule has 2 rings (SSSR count). The van der Waals surface area contributed by atoms with E-state index in [1.807, 2.05) is 12.1 Å². The van der Waals surface area contributed by atoms with Gasteiger partial charge in [0.15, 0.2) is 0 Å². The Kier molecular flexibility index (Phi) is 5.19. The van der Waals surface area contributed by atoms with Crippen molar-refractivity contribution >= 4 is 14.0 Å². The van der Waals surface area contributed by atoms with Gasteiger partial charge in [0.2, 0.25) is 5.69 Å². The molecule has 6 nitrogen and oxygen atoms in total. The highest BCUT2D eigenvalue weighted by Crippen LogP contribution is 2.22. The normalized spacial score (nSPS) is 10.6. The summed E-state index contributed by atoms with van der Waals surface area (Å²) in [5.41, 5.74) is 4.31. The molecule has 0 aliphatic rings. The Morgan fingerprint density at radius 3 is 2.57 bits per heavy atom. The molecule has 0 saturated heterocycles. The topological polar surface area (TPSA) is 77.1 Å². The zero-order valence-electron chi connectivity index (χ0n) is 13.6. The number of hydrogen-bond donors (Lipinski definition) is 1. The smallest absolute Gasteiger partial charge is 0.362 e.